The van der Waals surface area contributed by atoms with Crippen molar-refractivity contribution < 1.29 is 9.53 Å². The molecule has 3 nitrogen and oxygen atoms in total. The monoisotopic (exact) mass is 337 g/mol. The number of ether oxygens (including phenoxy) is 1. The molecule has 1 amide bonds. The maximum atomic E-state index is 12.9. The standard InChI is InChI=1S/C22H27NO2/c1-2-20(25-19-15-7-4-8-16-19)22(24)23-21(18-13-9-10-14-18)17-11-5-3-6-12-17/h3-8,11-12,15-16,18,20-21H,2,9-10,13-14H2,1H3,(H,23,24). The molecular formula is C22H27NO2. The van der Waals surface area contributed by atoms with Crippen LogP contribution in [0.3, 0.4) is 0 Å². The van der Waals surface area contributed by atoms with Gasteiger partial charge in [-0.15, -0.1) is 0 Å². The molecule has 2 atom stereocenters. The van der Waals surface area contributed by atoms with Crippen LogP contribution in [0.1, 0.15) is 50.6 Å². The van der Waals surface area contributed by atoms with Gasteiger partial charge in [0.25, 0.3) is 5.91 Å². The number of carbonyl (C=O) groups excluding carboxylic acids is 1. The molecule has 1 saturated carbocycles. The molecule has 2 unspecified atom stereocenters. The van der Waals surface area contributed by atoms with Gasteiger partial charge in [-0.3, -0.25) is 4.79 Å². The van der Waals surface area contributed by atoms with Gasteiger partial charge in [-0.25, -0.2) is 0 Å². The van der Waals surface area contributed by atoms with E-state index in [0.29, 0.717) is 12.3 Å². The predicted octanol–water partition coefficient (Wildman–Crippen LogP) is 4.89. The van der Waals surface area contributed by atoms with E-state index >= 15 is 0 Å². The molecule has 0 aliphatic heterocycles. The van der Waals surface area contributed by atoms with Crippen molar-refractivity contribution in [2.24, 2.45) is 5.92 Å². The Balaban J connectivity index is 1.72. The number of amides is 1. The molecule has 0 heterocycles. The van der Waals surface area contributed by atoms with Gasteiger partial charge in [-0.2, -0.15) is 0 Å². The van der Waals surface area contributed by atoms with Gasteiger partial charge in [0, 0.05) is 0 Å². The third kappa shape index (κ3) is 4.62. The Bertz CT molecular complexity index is 650. The van der Waals surface area contributed by atoms with Gasteiger partial charge >= 0.3 is 0 Å². The summed E-state index contributed by atoms with van der Waals surface area (Å²) >= 11 is 0. The summed E-state index contributed by atoms with van der Waals surface area (Å²) in [6, 6.07) is 20.0. The Morgan fingerprint density at radius 2 is 1.64 bits per heavy atom. The van der Waals surface area contributed by atoms with Crippen LogP contribution in [0, 0.1) is 5.92 Å². The first-order valence-electron chi connectivity index (χ1n) is 9.35. The molecule has 1 aliphatic rings. The Morgan fingerprint density at radius 1 is 1.04 bits per heavy atom. The van der Waals surface area contributed by atoms with Gasteiger partial charge in [0.15, 0.2) is 6.10 Å². The second-order valence-electron chi connectivity index (χ2n) is 6.77. The fourth-order valence-corrected chi connectivity index (χ4v) is 3.66. The second-order valence-corrected chi connectivity index (χ2v) is 6.77. The highest BCUT2D eigenvalue weighted by Gasteiger charge is 2.30. The maximum Gasteiger partial charge on any atom is 0.261 e. The molecule has 0 saturated heterocycles. The molecule has 2 aromatic rings. The second kappa shape index (κ2) is 8.70. The lowest BCUT2D eigenvalue weighted by atomic mass is 9.91. The third-order valence-corrected chi connectivity index (χ3v) is 5.01. The number of hydrogen-bond donors (Lipinski definition) is 1. The highest BCUT2D eigenvalue weighted by Crippen LogP contribution is 2.35. The SMILES string of the molecule is CCC(Oc1ccccc1)C(=O)NC(c1ccccc1)C1CCCC1. The molecule has 1 fully saturated rings. The lowest BCUT2D eigenvalue weighted by Gasteiger charge is -2.27. The molecule has 3 rings (SSSR count). The van der Waals surface area contributed by atoms with Crippen LogP contribution in [0.2, 0.25) is 0 Å². The Hall–Kier alpha value is -2.29. The van der Waals surface area contributed by atoms with Gasteiger partial charge in [-0.05, 0) is 42.9 Å². The molecule has 25 heavy (non-hydrogen) atoms. The number of nitrogens with one attached hydrogen (secondary N) is 1. The number of benzene rings is 2. The zero-order chi connectivity index (χ0) is 17.5. The largest absolute Gasteiger partial charge is 0.481 e. The van der Waals surface area contributed by atoms with Crippen LogP contribution >= 0.6 is 0 Å². The van der Waals surface area contributed by atoms with Crippen molar-refractivity contribution >= 4 is 5.91 Å². The summed E-state index contributed by atoms with van der Waals surface area (Å²) in [6.07, 6.45) is 5.04. The average molecular weight is 337 g/mol. The van der Waals surface area contributed by atoms with Gasteiger partial charge in [-0.1, -0.05) is 68.3 Å². The Morgan fingerprint density at radius 3 is 2.24 bits per heavy atom. The molecule has 0 radical (unpaired) electrons. The van der Waals surface area contributed by atoms with E-state index in [-0.39, 0.29) is 11.9 Å². The number of carbonyl (C=O) groups is 1. The first kappa shape index (κ1) is 17.5. The molecule has 0 aromatic heterocycles. The van der Waals surface area contributed by atoms with E-state index in [0.717, 1.165) is 5.75 Å². The van der Waals surface area contributed by atoms with Crippen LogP contribution in [0.25, 0.3) is 0 Å². The highest BCUT2D eigenvalue weighted by atomic mass is 16.5. The first-order chi connectivity index (χ1) is 12.3. The lowest BCUT2D eigenvalue weighted by Crippen LogP contribution is -2.42. The predicted molar refractivity (Wildman–Crippen MR) is 100 cm³/mol. The number of para-hydroxylation sites is 1. The summed E-state index contributed by atoms with van der Waals surface area (Å²) in [5.41, 5.74) is 1.19. The third-order valence-electron chi connectivity index (χ3n) is 5.01. The van der Waals surface area contributed by atoms with E-state index in [1.165, 1.54) is 31.2 Å². The number of rotatable bonds is 7. The molecule has 2 aromatic carbocycles. The van der Waals surface area contributed by atoms with Crippen molar-refractivity contribution in [3.63, 3.8) is 0 Å². The average Bonchev–Trinajstić information content (AvgIpc) is 3.20. The summed E-state index contributed by atoms with van der Waals surface area (Å²) in [7, 11) is 0. The smallest absolute Gasteiger partial charge is 0.261 e. The topological polar surface area (TPSA) is 38.3 Å². The van der Waals surface area contributed by atoms with Crippen molar-refractivity contribution in [3.05, 3.63) is 66.2 Å². The van der Waals surface area contributed by atoms with Gasteiger partial charge in [0.1, 0.15) is 5.75 Å². The van der Waals surface area contributed by atoms with E-state index in [4.69, 9.17) is 4.74 Å². The number of hydrogen-bond acceptors (Lipinski definition) is 2. The Kier molecular flexibility index (Phi) is 6.10. The molecule has 0 spiro atoms. The molecular weight excluding hydrogens is 310 g/mol. The first-order valence-corrected chi connectivity index (χ1v) is 9.35. The molecule has 3 heteroatoms. The zero-order valence-corrected chi connectivity index (χ0v) is 14.9. The molecule has 1 N–H and O–H groups in total. The van der Waals surface area contributed by atoms with Crippen molar-refractivity contribution in [2.75, 3.05) is 0 Å². The van der Waals surface area contributed by atoms with Crippen LogP contribution in [0.4, 0.5) is 0 Å². The summed E-state index contributed by atoms with van der Waals surface area (Å²) in [5, 5.41) is 3.28. The van der Waals surface area contributed by atoms with Crippen molar-refractivity contribution in [1.29, 1.82) is 0 Å². The van der Waals surface area contributed by atoms with Crippen LogP contribution in [-0.4, -0.2) is 12.0 Å². The van der Waals surface area contributed by atoms with Crippen LogP contribution in [0.5, 0.6) is 5.75 Å². The fraction of sp³-hybridized carbons (Fsp3) is 0.409. The minimum atomic E-state index is -0.463. The zero-order valence-electron chi connectivity index (χ0n) is 14.9. The molecule has 1 aliphatic carbocycles. The quantitative estimate of drug-likeness (QED) is 0.781. The lowest BCUT2D eigenvalue weighted by molar-refractivity contribution is -0.129. The van der Waals surface area contributed by atoms with E-state index in [2.05, 4.69) is 17.4 Å². The normalized spacial score (nSPS) is 17.0. The van der Waals surface area contributed by atoms with E-state index < -0.39 is 6.10 Å². The Labute approximate surface area is 150 Å². The van der Waals surface area contributed by atoms with Crippen LogP contribution in [0.15, 0.2) is 60.7 Å². The summed E-state index contributed by atoms with van der Waals surface area (Å²) < 4.78 is 5.91. The fourth-order valence-electron chi connectivity index (χ4n) is 3.66. The minimum Gasteiger partial charge on any atom is -0.481 e. The summed E-state index contributed by atoms with van der Waals surface area (Å²) in [6.45, 7) is 1.99. The van der Waals surface area contributed by atoms with Crippen molar-refractivity contribution in [1.82, 2.24) is 5.32 Å². The van der Waals surface area contributed by atoms with E-state index in [9.17, 15) is 4.79 Å². The van der Waals surface area contributed by atoms with Gasteiger partial charge < -0.3 is 10.1 Å². The van der Waals surface area contributed by atoms with Gasteiger partial charge in [0.05, 0.1) is 6.04 Å². The van der Waals surface area contributed by atoms with Gasteiger partial charge in [0.2, 0.25) is 0 Å². The molecule has 132 valence electrons. The van der Waals surface area contributed by atoms with Crippen LogP contribution in [-0.2, 0) is 4.79 Å². The minimum absolute atomic E-state index is 0.0212. The highest BCUT2D eigenvalue weighted by molar-refractivity contribution is 5.81. The maximum absolute atomic E-state index is 12.9. The van der Waals surface area contributed by atoms with Crippen LogP contribution < -0.4 is 10.1 Å². The summed E-state index contributed by atoms with van der Waals surface area (Å²) in [4.78, 5) is 12.9. The van der Waals surface area contributed by atoms with E-state index in [1.54, 1.807) is 0 Å². The van der Waals surface area contributed by atoms with Crippen molar-refractivity contribution in [2.45, 2.75) is 51.2 Å². The van der Waals surface area contributed by atoms with Crippen molar-refractivity contribution in [3.8, 4) is 5.75 Å². The summed E-state index contributed by atoms with van der Waals surface area (Å²) in [5.74, 6) is 1.23. The molecule has 0 bridgehead atoms. The van der Waals surface area contributed by atoms with E-state index in [1.807, 2.05) is 55.5 Å².